The largest absolute Gasteiger partial charge is 0.444 e. The van der Waals surface area contributed by atoms with Crippen molar-refractivity contribution in [3.8, 4) is 0 Å². The molecule has 0 radical (unpaired) electrons. The zero-order valence-electron chi connectivity index (χ0n) is 12.8. The van der Waals surface area contributed by atoms with Gasteiger partial charge in [0.1, 0.15) is 5.60 Å². The second-order valence-electron chi connectivity index (χ2n) is 5.87. The summed E-state index contributed by atoms with van der Waals surface area (Å²) in [6, 6.07) is -0.412. The van der Waals surface area contributed by atoms with Crippen LogP contribution in [0.5, 0.6) is 0 Å². The van der Waals surface area contributed by atoms with Crippen molar-refractivity contribution < 1.29 is 19.6 Å². The molecular weight excluding hydrogens is 278 g/mol. The van der Waals surface area contributed by atoms with Crippen LogP contribution < -0.4 is 5.32 Å². The average molecular weight is 303 g/mol. The molecule has 0 rings (SSSR count). The summed E-state index contributed by atoms with van der Waals surface area (Å²) in [6.45, 7) is 4.62. The van der Waals surface area contributed by atoms with Crippen LogP contribution in [-0.4, -0.2) is 46.6 Å². The van der Waals surface area contributed by atoms with Crippen molar-refractivity contribution in [1.82, 2.24) is 5.32 Å². The molecule has 0 aromatic heterocycles. The van der Waals surface area contributed by atoms with E-state index >= 15 is 0 Å². The fourth-order valence-corrected chi connectivity index (χ4v) is 1.65. The molecule has 122 valence electrons. The standard InChI is InChI=1S/C13H25N3O5/c1-13(2,3)21-12(18)15-11(9-17)7-5-4-6-10(14)8-16(19)20/h11,14,17H,4-9H2,1-3H3,(H,15,18)/t11-/m0/s1. The predicted octanol–water partition coefficient (Wildman–Crippen LogP) is 1.73. The Kier molecular flexibility index (Phi) is 8.52. The number of nitro groups is 1. The number of aliphatic hydroxyl groups is 1. The summed E-state index contributed by atoms with van der Waals surface area (Å²) in [7, 11) is 0. The van der Waals surface area contributed by atoms with Crippen LogP contribution in [0.25, 0.3) is 0 Å². The third kappa shape index (κ3) is 11.8. The van der Waals surface area contributed by atoms with Gasteiger partial charge in [-0.1, -0.05) is 6.42 Å². The van der Waals surface area contributed by atoms with E-state index in [0.717, 1.165) is 0 Å². The molecule has 21 heavy (non-hydrogen) atoms. The molecule has 0 saturated carbocycles. The number of aliphatic hydroxyl groups excluding tert-OH is 1. The second-order valence-corrected chi connectivity index (χ2v) is 5.87. The van der Waals surface area contributed by atoms with Gasteiger partial charge in [-0.05, 0) is 40.0 Å². The Hall–Kier alpha value is -1.70. The van der Waals surface area contributed by atoms with Gasteiger partial charge in [-0.3, -0.25) is 10.1 Å². The van der Waals surface area contributed by atoms with Gasteiger partial charge in [-0.2, -0.15) is 0 Å². The van der Waals surface area contributed by atoms with E-state index in [1.807, 2.05) is 0 Å². The van der Waals surface area contributed by atoms with Crippen LogP contribution in [0.1, 0.15) is 46.5 Å². The van der Waals surface area contributed by atoms with Gasteiger partial charge in [-0.25, -0.2) is 4.79 Å². The molecule has 0 heterocycles. The summed E-state index contributed by atoms with van der Waals surface area (Å²) in [5, 5.41) is 29.4. The fraction of sp³-hybridized carbons (Fsp3) is 0.846. The van der Waals surface area contributed by atoms with E-state index in [9.17, 15) is 20.0 Å². The summed E-state index contributed by atoms with van der Waals surface area (Å²) >= 11 is 0. The lowest BCUT2D eigenvalue weighted by Gasteiger charge is -2.22. The van der Waals surface area contributed by atoms with Gasteiger partial charge >= 0.3 is 6.09 Å². The average Bonchev–Trinajstić information content (AvgIpc) is 2.29. The van der Waals surface area contributed by atoms with Crippen molar-refractivity contribution >= 4 is 11.8 Å². The van der Waals surface area contributed by atoms with Crippen LogP contribution in [0.4, 0.5) is 4.79 Å². The SMILES string of the molecule is CC(C)(C)OC(=O)N[C@H](CO)CCCCC(=N)C[N+](=O)[O-]. The highest BCUT2D eigenvalue weighted by atomic mass is 16.6. The first-order chi connectivity index (χ1) is 9.64. The maximum absolute atomic E-state index is 11.5. The lowest BCUT2D eigenvalue weighted by molar-refractivity contribution is -0.463. The van der Waals surface area contributed by atoms with Crippen LogP contribution in [0.15, 0.2) is 0 Å². The Balaban J connectivity index is 3.92. The van der Waals surface area contributed by atoms with Gasteiger partial charge in [0.2, 0.25) is 6.54 Å². The lowest BCUT2D eigenvalue weighted by Crippen LogP contribution is -2.41. The molecule has 0 aromatic rings. The molecule has 0 fully saturated rings. The summed E-state index contributed by atoms with van der Waals surface area (Å²) in [4.78, 5) is 21.2. The predicted molar refractivity (Wildman–Crippen MR) is 78.3 cm³/mol. The Bertz CT molecular complexity index is 365. The minimum atomic E-state index is -0.596. The number of unbranched alkanes of at least 4 members (excludes halogenated alkanes) is 1. The zero-order chi connectivity index (χ0) is 16.5. The normalized spacial score (nSPS) is 12.6. The van der Waals surface area contributed by atoms with Gasteiger partial charge in [-0.15, -0.1) is 0 Å². The molecule has 0 saturated heterocycles. The molecule has 3 N–H and O–H groups in total. The molecule has 0 spiro atoms. The summed E-state index contributed by atoms with van der Waals surface area (Å²) in [6.07, 6.45) is 1.57. The number of carbonyl (C=O) groups is 1. The highest BCUT2D eigenvalue weighted by Crippen LogP contribution is 2.09. The fourth-order valence-electron chi connectivity index (χ4n) is 1.65. The molecule has 0 aromatic carbocycles. The van der Waals surface area contributed by atoms with Crippen LogP contribution in [0.2, 0.25) is 0 Å². The van der Waals surface area contributed by atoms with Crippen molar-refractivity contribution in [2.75, 3.05) is 13.2 Å². The maximum Gasteiger partial charge on any atom is 0.407 e. The van der Waals surface area contributed by atoms with Crippen LogP contribution in [-0.2, 0) is 4.74 Å². The highest BCUT2D eigenvalue weighted by Gasteiger charge is 2.19. The molecule has 0 aliphatic carbocycles. The number of hydrogen-bond donors (Lipinski definition) is 3. The summed E-state index contributed by atoms with van der Waals surface area (Å²) in [5.74, 6) is 0. The summed E-state index contributed by atoms with van der Waals surface area (Å²) < 4.78 is 5.09. The first-order valence-electron chi connectivity index (χ1n) is 6.92. The molecule has 0 unspecified atom stereocenters. The molecule has 1 atom stereocenters. The number of rotatable bonds is 9. The Morgan fingerprint density at radius 2 is 2.05 bits per heavy atom. The highest BCUT2D eigenvalue weighted by molar-refractivity contribution is 5.82. The molecule has 8 heteroatoms. The monoisotopic (exact) mass is 303 g/mol. The molecule has 1 amide bonds. The van der Waals surface area contributed by atoms with Crippen LogP contribution >= 0.6 is 0 Å². The van der Waals surface area contributed by atoms with Crippen molar-refractivity contribution in [2.45, 2.75) is 58.1 Å². The Morgan fingerprint density at radius 3 is 2.52 bits per heavy atom. The first-order valence-corrected chi connectivity index (χ1v) is 6.92. The van der Waals surface area contributed by atoms with Crippen molar-refractivity contribution in [2.24, 2.45) is 0 Å². The van der Waals surface area contributed by atoms with Crippen molar-refractivity contribution in [1.29, 1.82) is 5.41 Å². The number of nitrogens with one attached hydrogen (secondary N) is 2. The third-order valence-electron chi connectivity index (χ3n) is 2.54. The van der Waals surface area contributed by atoms with Crippen molar-refractivity contribution in [3.63, 3.8) is 0 Å². The quantitative estimate of drug-likeness (QED) is 0.259. The maximum atomic E-state index is 11.5. The number of hydrogen-bond acceptors (Lipinski definition) is 6. The Morgan fingerprint density at radius 1 is 1.43 bits per heavy atom. The number of nitrogens with zero attached hydrogens (tertiary/aromatic N) is 1. The van der Waals surface area contributed by atoms with Crippen LogP contribution in [0.3, 0.4) is 0 Å². The Labute approximate surface area is 124 Å². The first kappa shape index (κ1) is 19.3. The van der Waals surface area contributed by atoms with E-state index in [4.69, 9.17) is 10.1 Å². The van der Waals surface area contributed by atoms with E-state index in [2.05, 4.69) is 5.32 Å². The number of amides is 1. The van der Waals surface area contributed by atoms with Gasteiger partial charge in [0, 0.05) is 4.92 Å². The van der Waals surface area contributed by atoms with Crippen LogP contribution in [0, 0.1) is 15.5 Å². The summed E-state index contributed by atoms with van der Waals surface area (Å²) in [5.41, 5.74) is -0.512. The van der Waals surface area contributed by atoms with Gasteiger partial charge in [0.25, 0.3) is 0 Å². The van der Waals surface area contributed by atoms with Gasteiger partial charge in [0.05, 0.1) is 18.4 Å². The minimum Gasteiger partial charge on any atom is -0.444 e. The van der Waals surface area contributed by atoms with E-state index in [-0.39, 0.29) is 12.3 Å². The molecule has 0 bridgehead atoms. The molecule has 8 nitrogen and oxygen atoms in total. The molecule has 0 aliphatic rings. The van der Waals surface area contributed by atoms with E-state index in [1.54, 1.807) is 20.8 Å². The smallest absolute Gasteiger partial charge is 0.407 e. The molecular formula is C13H25N3O5. The molecule has 0 aliphatic heterocycles. The number of alkyl carbamates (subject to hydrolysis) is 1. The van der Waals surface area contributed by atoms with E-state index in [1.165, 1.54) is 0 Å². The zero-order valence-corrected chi connectivity index (χ0v) is 12.8. The van der Waals surface area contributed by atoms with E-state index in [0.29, 0.717) is 25.7 Å². The number of ether oxygens (including phenoxy) is 1. The van der Waals surface area contributed by atoms with E-state index < -0.39 is 29.2 Å². The van der Waals surface area contributed by atoms with Gasteiger partial charge in [0.15, 0.2) is 0 Å². The lowest BCUT2D eigenvalue weighted by atomic mass is 10.1. The topological polar surface area (TPSA) is 126 Å². The second kappa shape index (κ2) is 9.28. The third-order valence-corrected chi connectivity index (χ3v) is 2.54. The minimum absolute atomic E-state index is 0.0839. The van der Waals surface area contributed by atoms with Crippen molar-refractivity contribution in [3.05, 3.63) is 10.1 Å². The number of carbonyl (C=O) groups excluding carboxylic acids is 1. The van der Waals surface area contributed by atoms with Gasteiger partial charge < -0.3 is 20.6 Å².